The van der Waals surface area contributed by atoms with E-state index in [-0.39, 0.29) is 6.61 Å². The lowest BCUT2D eigenvalue weighted by molar-refractivity contribution is -0.149. The Morgan fingerprint density at radius 2 is 1.44 bits per heavy atom. The summed E-state index contributed by atoms with van der Waals surface area (Å²) in [6.07, 6.45) is 0.246. The molecule has 0 fully saturated rings. The molecule has 0 saturated carbocycles. The van der Waals surface area contributed by atoms with E-state index in [1.807, 2.05) is 60.7 Å². The van der Waals surface area contributed by atoms with Crippen LogP contribution in [0.4, 0.5) is 4.79 Å². The van der Waals surface area contributed by atoms with Gasteiger partial charge in [0.15, 0.2) is 0 Å². The van der Waals surface area contributed by atoms with Crippen LogP contribution in [0.3, 0.4) is 0 Å². The Morgan fingerprint density at radius 3 is 2.00 bits per heavy atom. The largest absolute Gasteiger partial charge is 0.459 e. The first-order valence-electron chi connectivity index (χ1n) is 10.7. The van der Waals surface area contributed by atoms with E-state index in [4.69, 9.17) is 9.47 Å². The average molecular weight is 441 g/mol. The number of benzene rings is 2. The van der Waals surface area contributed by atoms with Gasteiger partial charge in [0.25, 0.3) is 0 Å². The molecule has 0 bridgehead atoms. The molecule has 7 nitrogen and oxygen atoms in total. The first-order valence-corrected chi connectivity index (χ1v) is 10.7. The second-order valence-electron chi connectivity index (χ2n) is 8.55. The Morgan fingerprint density at radius 1 is 0.875 bits per heavy atom. The summed E-state index contributed by atoms with van der Waals surface area (Å²) in [6, 6.07) is 17.3. The van der Waals surface area contributed by atoms with Crippen molar-refractivity contribution >= 4 is 18.0 Å². The zero-order valence-electron chi connectivity index (χ0n) is 19.1. The van der Waals surface area contributed by atoms with Crippen molar-refractivity contribution in [2.75, 3.05) is 0 Å². The highest BCUT2D eigenvalue weighted by atomic mass is 16.6. The Labute approximate surface area is 189 Å². The molecule has 7 heteroatoms. The van der Waals surface area contributed by atoms with E-state index in [1.165, 1.54) is 6.92 Å². The van der Waals surface area contributed by atoms with Gasteiger partial charge in [-0.3, -0.25) is 4.79 Å². The minimum Gasteiger partial charge on any atom is -0.459 e. The molecule has 32 heavy (non-hydrogen) atoms. The third-order valence-corrected chi connectivity index (χ3v) is 4.52. The normalized spacial score (nSPS) is 12.9. The van der Waals surface area contributed by atoms with Gasteiger partial charge in [-0.05, 0) is 51.7 Å². The summed E-state index contributed by atoms with van der Waals surface area (Å²) in [5, 5.41) is 5.19. The van der Waals surface area contributed by atoms with E-state index in [1.54, 1.807) is 20.8 Å². The van der Waals surface area contributed by atoms with E-state index < -0.39 is 35.7 Å². The lowest BCUT2D eigenvalue weighted by Crippen LogP contribution is -2.51. The number of amides is 2. The van der Waals surface area contributed by atoms with Crippen molar-refractivity contribution in [3.63, 3.8) is 0 Å². The van der Waals surface area contributed by atoms with Gasteiger partial charge in [-0.25, -0.2) is 9.59 Å². The second-order valence-corrected chi connectivity index (χ2v) is 8.55. The van der Waals surface area contributed by atoms with Crippen LogP contribution < -0.4 is 10.6 Å². The Bertz CT molecular complexity index is 878. The highest BCUT2D eigenvalue weighted by Crippen LogP contribution is 2.10. The fraction of sp³-hybridized carbons (Fsp3) is 0.400. The number of nitrogens with one attached hydrogen (secondary N) is 2. The summed E-state index contributed by atoms with van der Waals surface area (Å²) in [5.41, 5.74) is 1.22. The smallest absolute Gasteiger partial charge is 0.408 e. The average Bonchev–Trinajstić information content (AvgIpc) is 2.74. The summed E-state index contributed by atoms with van der Waals surface area (Å²) in [4.78, 5) is 37.4. The third-order valence-electron chi connectivity index (χ3n) is 4.52. The number of aryl methyl sites for hydroxylation is 1. The van der Waals surface area contributed by atoms with Crippen LogP contribution in [0.1, 0.15) is 45.2 Å². The number of carbonyl (C=O) groups is 3. The molecule has 0 radical (unpaired) electrons. The Balaban J connectivity index is 1.99. The maximum atomic E-state index is 12.8. The van der Waals surface area contributed by atoms with E-state index in [2.05, 4.69) is 10.6 Å². The lowest BCUT2D eigenvalue weighted by Gasteiger charge is -2.23. The molecule has 0 aliphatic heterocycles. The number of carbonyl (C=O) groups excluding carboxylic acids is 3. The minimum absolute atomic E-state index is 0.114. The van der Waals surface area contributed by atoms with Crippen LogP contribution in [0, 0.1) is 0 Å². The van der Waals surface area contributed by atoms with Crippen molar-refractivity contribution in [3.8, 4) is 0 Å². The molecular weight excluding hydrogens is 408 g/mol. The lowest BCUT2D eigenvalue weighted by atomic mass is 10.0. The molecule has 2 N–H and O–H groups in total. The van der Waals surface area contributed by atoms with Crippen LogP contribution in [0.25, 0.3) is 0 Å². The third kappa shape index (κ3) is 9.20. The summed E-state index contributed by atoms with van der Waals surface area (Å²) >= 11 is 0. The van der Waals surface area contributed by atoms with Crippen molar-refractivity contribution in [3.05, 3.63) is 71.8 Å². The fourth-order valence-corrected chi connectivity index (χ4v) is 2.88. The number of alkyl carbamates (subject to hydrolysis) is 1. The molecule has 2 aromatic carbocycles. The molecule has 2 unspecified atom stereocenters. The van der Waals surface area contributed by atoms with Crippen molar-refractivity contribution in [2.45, 2.75) is 64.8 Å². The molecule has 172 valence electrons. The molecule has 0 saturated heterocycles. The molecule has 2 aromatic rings. The maximum Gasteiger partial charge on any atom is 0.408 e. The molecule has 0 aliphatic carbocycles. The SMILES string of the molecule is CC(NC(=O)OC(C)(C)C)C(=O)NC(CCc1ccccc1)C(=O)OCc1ccccc1. The molecule has 2 atom stereocenters. The monoisotopic (exact) mass is 440 g/mol. The number of hydrogen-bond acceptors (Lipinski definition) is 5. The molecule has 0 spiro atoms. The molecular formula is C25H32N2O5. The van der Waals surface area contributed by atoms with Crippen molar-refractivity contribution in [2.24, 2.45) is 0 Å². The van der Waals surface area contributed by atoms with E-state index in [0.29, 0.717) is 12.8 Å². The molecule has 0 aromatic heterocycles. The van der Waals surface area contributed by atoms with Gasteiger partial charge in [0, 0.05) is 0 Å². The molecule has 0 aliphatic rings. The van der Waals surface area contributed by atoms with E-state index in [9.17, 15) is 14.4 Å². The highest BCUT2D eigenvalue weighted by molar-refractivity contribution is 5.89. The van der Waals surface area contributed by atoms with Gasteiger partial charge >= 0.3 is 12.1 Å². The topological polar surface area (TPSA) is 93.7 Å². The summed E-state index contributed by atoms with van der Waals surface area (Å²) < 4.78 is 10.6. The van der Waals surface area contributed by atoms with Crippen LogP contribution in [-0.4, -0.2) is 35.7 Å². The van der Waals surface area contributed by atoms with Crippen molar-refractivity contribution in [1.29, 1.82) is 0 Å². The van der Waals surface area contributed by atoms with Crippen LogP contribution >= 0.6 is 0 Å². The van der Waals surface area contributed by atoms with Gasteiger partial charge < -0.3 is 20.1 Å². The predicted molar refractivity (Wildman–Crippen MR) is 122 cm³/mol. The quantitative estimate of drug-likeness (QED) is 0.579. The zero-order valence-corrected chi connectivity index (χ0v) is 19.1. The number of esters is 1. The second kappa shape index (κ2) is 11.9. The van der Waals surface area contributed by atoms with Crippen molar-refractivity contribution < 1.29 is 23.9 Å². The number of hydrogen-bond donors (Lipinski definition) is 2. The predicted octanol–water partition coefficient (Wildman–Crippen LogP) is 3.76. The molecule has 0 heterocycles. The van der Waals surface area contributed by atoms with Gasteiger partial charge in [0.05, 0.1) is 0 Å². The Hall–Kier alpha value is -3.35. The van der Waals surface area contributed by atoms with Crippen LogP contribution in [0.2, 0.25) is 0 Å². The van der Waals surface area contributed by atoms with Gasteiger partial charge in [0.2, 0.25) is 5.91 Å². The summed E-state index contributed by atoms with van der Waals surface area (Å²) in [6.45, 7) is 6.85. The van der Waals surface area contributed by atoms with Gasteiger partial charge in [-0.2, -0.15) is 0 Å². The van der Waals surface area contributed by atoms with Gasteiger partial charge in [-0.15, -0.1) is 0 Å². The van der Waals surface area contributed by atoms with Gasteiger partial charge in [0.1, 0.15) is 24.3 Å². The number of ether oxygens (including phenoxy) is 2. The van der Waals surface area contributed by atoms with Gasteiger partial charge in [-0.1, -0.05) is 60.7 Å². The molecule has 2 rings (SSSR count). The molecule has 2 amide bonds. The minimum atomic E-state index is -0.883. The fourth-order valence-electron chi connectivity index (χ4n) is 2.88. The van der Waals surface area contributed by atoms with E-state index >= 15 is 0 Å². The maximum absolute atomic E-state index is 12.8. The Kier molecular flexibility index (Phi) is 9.25. The number of rotatable bonds is 9. The first-order chi connectivity index (χ1) is 15.1. The standard InChI is InChI=1S/C25H32N2O5/c1-18(26-24(30)32-25(2,3)4)22(28)27-21(16-15-19-11-7-5-8-12-19)23(29)31-17-20-13-9-6-10-14-20/h5-14,18,21H,15-17H2,1-4H3,(H,26,30)(H,27,28). The zero-order chi connectivity index (χ0) is 23.6. The van der Waals surface area contributed by atoms with E-state index in [0.717, 1.165) is 11.1 Å². The highest BCUT2D eigenvalue weighted by Gasteiger charge is 2.26. The first kappa shape index (κ1) is 24.9. The van der Waals surface area contributed by atoms with Crippen LogP contribution in [0.15, 0.2) is 60.7 Å². The van der Waals surface area contributed by atoms with Crippen LogP contribution in [-0.2, 0) is 32.1 Å². The summed E-state index contributed by atoms with van der Waals surface area (Å²) in [7, 11) is 0. The summed E-state index contributed by atoms with van der Waals surface area (Å²) in [5.74, 6) is -1.02. The van der Waals surface area contributed by atoms with Crippen LogP contribution in [0.5, 0.6) is 0 Å². The van der Waals surface area contributed by atoms with Crippen molar-refractivity contribution in [1.82, 2.24) is 10.6 Å².